The highest BCUT2D eigenvalue weighted by atomic mass is 16.5. The van der Waals surface area contributed by atoms with Crippen LogP contribution in [0.4, 0.5) is 0 Å². The third-order valence-electron chi connectivity index (χ3n) is 3.19. The van der Waals surface area contributed by atoms with Gasteiger partial charge in [-0.1, -0.05) is 6.42 Å². The van der Waals surface area contributed by atoms with Crippen LogP contribution < -0.4 is 14.9 Å². The number of benzene rings is 1. The van der Waals surface area contributed by atoms with Crippen molar-refractivity contribution in [2.45, 2.75) is 19.3 Å². The minimum atomic E-state index is -1.54. The largest absolute Gasteiger partial charge is 0.497 e. The molecule has 1 aliphatic carbocycles. The molecule has 0 atom stereocenters. The summed E-state index contributed by atoms with van der Waals surface area (Å²) < 4.78 is 10.7. The maximum atomic E-state index is 9.28. The summed E-state index contributed by atoms with van der Waals surface area (Å²) in [5, 5.41) is 18.6. The molecule has 1 aromatic rings. The molecule has 92 valence electrons. The molecule has 2 N–H and O–H groups in total. The van der Waals surface area contributed by atoms with Crippen LogP contribution in [0.25, 0.3) is 0 Å². The van der Waals surface area contributed by atoms with E-state index in [1.54, 1.807) is 18.2 Å². The van der Waals surface area contributed by atoms with Crippen LogP contribution in [0.3, 0.4) is 0 Å². The summed E-state index contributed by atoms with van der Waals surface area (Å²) in [5.41, 5.74) is 0.351. The standard InChI is InChI=1S/C12H17BO4/c1-16-10-5-6-12(11(7-10)13(14)15)17-8-9-3-2-4-9/h5-7,9,14-15H,2-4,8H2,1H3. The summed E-state index contributed by atoms with van der Waals surface area (Å²) in [6.45, 7) is 0.645. The van der Waals surface area contributed by atoms with Crippen LogP contribution in [-0.4, -0.2) is 30.9 Å². The maximum absolute atomic E-state index is 9.28. The van der Waals surface area contributed by atoms with Crippen molar-refractivity contribution >= 4 is 12.6 Å². The lowest BCUT2D eigenvalue weighted by Crippen LogP contribution is -2.32. The van der Waals surface area contributed by atoms with Gasteiger partial charge in [0, 0.05) is 5.46 Å². The molecule has 0 amide bonds. The zero-order chi connectivity index (χ0) is 12.3. The first-order valence-corrected chi connectivity index (χ1v) is 5.87. The summed E-state index contributed by atoms with van der Waals surface area (Å²) in [4.78, 5) is 0. The highest BCUT2D eigenvalue weighted by Crippen LogP contribution is 2.27. The minimum absolute atomic E-state index is 0.351. The fourth-order valence-electron chi connectivity index (χ4n) is 1.85. The summed E-state index contributed by atoms with van der Waals surface area (Å²) in [6.07, 6.45) is 3.67. The van der Waals surface area contributed by atoms with Gasteiger partial charge in [-0.15, -0.1) is 0 Å². The highest BCUT2D eigenvalue weighted by Gasteiger charge is 2.21. The van der Waals surface area contributed by atoms with Crippen LogP contribution in [0.1, 0.15) is 19.3 Å². The Labute approximate surface area is 101 Å². The molecule has 1 saturated carbocycles. The monoisotopic (exact) mass is 236 g/mol. The van der Waals surface area contributed by atoms with Gasteiger partial charge in [0.1, 0.15) is 11.5 Å². The lowest BCUT2D eigenvalue weighted by molar-refractivity contribution is 0.181. The predicted octanol–water partition coefficient (Wildman–Crippen LogP) is 0.554. The summed E-state index contributed by atoms with van der Waals surface area (Å²) >= 11 is 0. The van der Waals surface area contributed by atoms with Gasteiger partial charge in [0.15, 0.2) is 0 Å². The quantitative estimate of drug-likeness (QED) is 0.733. The molecule has 4 nitrogen and oxygen atoms in total. The Bertz CT molecular complexity index is 377. The molecule has 0 saturated heterocycles. The van der Waals surface area contributed by atoms with Crippen LogP contribution in [0.15, 0.2) is 18.2 Å². The van der Waals surface area contributed by atoms with E-state index in [-0.39, 0.29) is 0 Å². The van der Waals surface area contributed by atoms with E-state index in [9.17, 15) is 10.0 Å². The number of ether oxygens (including phenoxy) is 2. The van der Waals surface area contributed by atoms with E-state index in [1.807, 2.05) is 0 Å². The fraction of sp³-hybridized carbons (Fsp3) is 0.500. The van der Waals surface area contributed by atoms with Crippen molar-refractivity contribution in [2.24, 2.45) is 5.92 Å². The smallest absolute Gasteiger partial charge is 0.492 e. The number of hydrogen-bond acceptors (Lipinski definition) is 4. The van der Waals surface area contributed by atoms with Crippen LogP contribution in [-0.2, 0) is 0 Å². The Balaban J connectivity index is 2.07. The number of rotatable bonds is 5. The predicted molar refractivity (Wildman–Crippen MR) is 65.7 cm³/mol. The Morgan fingerprint density at radius 1 is 1.35 bits per heavy atom. The van der Waals surface area contributed by atoms with Crippen molar-refractivity contribution in [1.82, 2.24) is 0 Å². The van der Waals surface area contributed by atoms with Crippen LogP contribution >= 0.6 is 0 Å². The first kappa shape index (κ1) is 12.3. The average Bonchev–Trinajstić information content (AvgIpc) is 2.27. The van der Waals surface area contributed by atoms with Crippen molar-refractivity contribution < 1.29 is 19.5 Å². The third kappa shape index (κ3) is 2.93. The Hall–Kier alpha value is -1.20. The zero-order valence-electron chi connectivity index (χ0n) is 9.93. The first-order valence-electron chi connectivity index (χ1n) is 5.87. The molecule has 17 heavy (non-hydrogen) atoms. The molecule has 5 heteroatoms. The first-order chi connectivity index (χ1) is 8.20. The normalized spacial score (nSPS) is 15.2. The molecule has 1 fully saturated rings. The van der Waals surface area contributed by atoms with Crippen LogP contribution in [0.2, 0.25) is 0 Å². The third-order valence-corrected chi connectivity index (χ3v) is 3.19. The minimum Gasteiger partial charge on any atom is -0.497 e. The second-order valence-corrected chi connectivity index (χ2v) is 4.39. The van der Waals surface area contributed by atoms with E-state index >= 15 is 0 Å². The molecule has 2 rings (SSSR count). The maximum Gasteiger partial charge on any atom is 0.492 e. The van der Waals surface area contributed by atoms with Gasteiger partial charge in [0.2, 0.25) is 0 Å². The van der Waals surface area contributed by atoms with Crippen LogP contribution in [0, 0.1) is 5.92 Å². The highest BCUT2D eigenvalue weighted by molar-refractivity contribution is 6.59. The number of methoxy groups -OCH3 is 1. The SMILES string of the molecule is COc1ccc(OCC2CCC2)c(B(O)O)c1. The Kier molecular flexibility index (Phi) is 3.91. The van der Waals surface area contributed by atoms with Gasteiger partial charge >= 0.3 is 7.12 Å². The van der Waals surface area contributed by atoms with Crippen LogP contribution in [0.5, 0.6) is 11.5 Å². The van der Waals surface area contributed by atoms with Gasteiger partial charge in [0.05, 0.1) is 13.7 Å². The van der Waals surface area contributed by atoms with E-state index < -0.39 is 7.12 Å². The molecule has 0 bridgehead atoms. The molecule has 0 spiro atoms. The summed E-state index contributed by atoms with van der Waals surface area (Å²) in [5.74, 6) is 1.72. The molecule has 1 aromatic carbocycles. The molecule has 0 aliphatic heterocycles. The van der Waals surface area contributed by atoms with E-state index in [1.165, 1.54) is 26.4 Å². The Morgan fingerprint density at radius 2 is 2.12 bits per heavy atom. The second-order valence-electron chi connectivity index (χ2n) is 4.39. The van der Waals surface area contributed by atoms with Gasteiger partial charge < -0.3 is 19.5 Å². The van der Waals surface area contributed by atoms with E-state index in [2.05, 4.69) is 0 Å². The van der Waals surface area contributed by atoms with Crippen molar-refractivity contribution in [3.05, 3.63) is 18.2 Å². The molecule has 1 aliphatic rings. The average molecular weight is 236 g/mol. The number of hydrogen-bond donors (Lipinski definition) is 2. The van der Waals surface area contributed by atoms with Gasteiger partial charge in [-0.05, 0) is 37.0 Å². The lowest BCUT2D eigenvalue weighted by atomic mass is 9.79. The molecule has 0 aromatic heterocycles. The molecule has 0 radical (unpaired) electrons. The summed E-state index contributed by atoms with van der Waals surface area (Å²) in [7, 11) is -0.000841. The van der Waals surface area contributed by atoms with Crippen molar-refractivity contribution in [3.63, 3.8) is 0 Å². The van der Waals surface area contributed by atoms with Gasteiger partial charge in [0.25, 0.3) is 0 Å². The molecule has 0 unspecified atom stereocenters. The topological polar surface area (TPSA) is 58.9 Å². The van der Waals surface area contributed by atoms with Crippen molar-refractivity contribution in [1.29, 1.82) is 0 Å². The molecular weight excluding hydrogens is 219 g/mol. The Morgan fingerprint density at radius 3 is 2.65 bits per heavy atom. The molecule has 0 heterocycles. The molecular formula is C12H17BO4. The van der Waals surface area contributed by atoms with Crippen molar-refractivity contribution in [3.8, 4) is 11.5 Å². The van der Waals surface area contributed by atoms with E-state index in [4.69, 9.17) is 9.47 Å². The van der Waals surface area contributed by atoms with E-state index in [0.717, 1.165) is 0 Å². The zero-order valence-corrected chi connectivity index (χ0v) is 9.93. The van der Waals surface area contributed by atoms with Crippen molar-refractivity contribution in [2.75, 3.05) is 13.7 Å². The second kappa shape index (κ2) is 5.43. The van der Waals surface area contributed by atoms with Gasteiger partial charge in [-0.3, -0.25) is 0 Å². The lowest BCUT2D eigenvalue weighted by Gasteiger charge is -2.25. The van der Waals surface area contributed by atoms with Gasteiger partial charge in [-0.2, -0.15) is 0 Å². The van der Waals surface area contributed by atoms with Gasteiger partial charge in [-0.25, -0.2) is 0 Å². The fourth-order valence-corrected chi connectivity index (χ4v) is 1.85. The summed E-state index contributed by atoms with van der Waals surface area (Å²) in [6, 6.07) is 5.05. The van der Waals surface area contributed by atoms with E-state index in [0.29, 0.717) is 29.5 Å².